The first kappa shape index (κ1) is 22.0. The molecule has 9 heteroatoms. The van der Waals surface area contributed by atoms with Gasteiger partial charge in [-0.2, -0.15) is 23.4 Å². The van der Waals surface area contributed by atoms with Crippen LogP contribution >= 0.6 is 11.8 Å². The van der Waals surface area contributed by atoms with Crippen LogP contribution in [-0.2, 0) is 19.1 Å². The average molecular weight is 456 g/mol. The van der Waals surface area contributed by atoms with Gasteiger partial charge in [-0.3, -0.25) is 0 Å². The molecule has 0 N–H and O–H groups in total. The summed E-state index contributed by atoms with van der Waals surface area (Å²) in [6.07, 6.45) is -1.36. The summed E-state index contributed by atoms with van der Waals surface area (Å²) in [7, 11) is 0. The molecular weight excluding hydrogens is 437 g/mol. The summed E-state index contributed by atoms with van der Waals surface area (Å²) in [5, 5.41) is 13.3. The van der Waals surface area contributed by atoms with Crippen LogP contribution in [0.1, 0.15) is 36.0 Å². The van der Waals surface area contributed by atoms with Crippen LogP contribution in [0.25, 0.3) is 22.4 Å². The first-order valence-corrected chi connectivity index (χ1v) is 11.2. The number of hydrogen-bond donors (Lipinski definition) is 0. The van der Waals surface area contributed by atoms with Crippen molar-refractivity contribution in [2.24, 2.45) is 0 Å². The number of aryl methyl sites for hydroxylation is 1. The molecule has 0 atom stereocenters. The van der Waals surface area contributed by atoms with Crippen LogP contribution in [0, 0.1) is 11.3 Å². The van der Waals surface area contributed by atoms with E-state index >= 15 is 0 Å². The zero-order valence-corrected chi connectivity index (χ0v) is 18.2. The summed E-state index contributed by atoms with van der Waals surface area (Å²) in [4.78, 5) is 5.48. The van der Waals surface area contributed by atoms with Crippen LogP contribution in [0.4, 0.5) is 13.2 Å². The van der Waals surface area contributed by atoms with Gasteiger partial charge < -0.3 is 9.09 Å². The summed E-state index contributed by atoms with van der Waals surface area (Å²) < 4.78 is 48.6. The highest BCUT2D eigenvalue weighted by Crippen LogP contribution is 2.39. The molecule has 2 heterocycles. The van der Waals surface area contributed by atoms with E-state index in [-0.39, 0.29) is 17.5 Å². The summed E-state index contributed by atoms with van der Waals surface area (Å²) in [5.41, 5.74) is 0.620. The minimum atomic E-state index is -4.64. The fourth-order valence-corrected chi connectivity index (χ4v) is 4.42. The van der Waals surface area contributed by atoms with Crippen molar-refractivity contribution in [1.82, 2.24) is 14.7 Å². The molecule has 0 aliphatic carbocycles. The maximum atomic E-state index is 13.8. The minimum Gasteiger partial charge on any atom is -0.337 e. The van der Waals surface area contributed by atoms with E-state index in [4.69, 9.17) is 4.52 Å². The Morgan fingerprint density at radius 3 is 2.66 bits per heavy atom. The highest BCUT2D eigenvalue weighted by molar-refractivity contribution is 7.98. The maximum absolute atomic E-state index is 13.8. The van der Waals surface area contributed by atoms with Gasteiger partial charge in [-0.1, -0.05) is 30.6 Å². The Bertz CT molecular complexity index is 1320. The lowest BCUT2D eigenvalue weighted by atomic mass is 10.0. The van der Waals surface area contributed by atoms with Crippen LogP contribution in [0.2, 0.25) is 0 Å². The van der Waals surface area contributed by atoms with E-state index in [1.807, 2.05) is 37.4 Å². The van der Waals surface area contributed by atoms with Crippen molar-refractivity contribution in [3.8, 4) is 17.5 Å². The summed E-state index contributed by atoms with van der Waals surface area (Å²) in [5.74, 6) is 0.727. The Morgan fingerprint density at radius 2 is 1.97 bits per heavy atom. The van der Waals surface area contributed by atoms with E-state index in [2.05, 4.69) is 10.1 Å². The van der Waals surface area contributed by atoms with E-state index in [0.29, 0.717) is 23.7 Å². The van der Waals surface area contributed by atoms with E-state index in [9.17, 15) is 18.4 Å². The van der Waals surface area contributed by atoms with Gasteiger partial charge in [0.15, 0.2) is 5.82 Å². The molecule has 0 unspecified atom stereocenters. The topological polar surface area (TPSA) is 67.6 Å². The lowest BCUT2D eigenvalue weighted by Gasteiger charge is -2.11. The Hall–Kier alpha value is -3.25. The van der Waals surface area contributed by atoms with Gasteiger partial charge in [-0.05, 0) is 43.0 Å². The number of benzene rings is 2. The predicted octanol–water partition coefficient (Wildman–Crippen LogP) is 6.30. The second kappa shape index (κ2) is 8.71. The van der Waals surface area contributed by atoms with Crippen molar-refractivity contribution in [2.75, 3.05) is 6.26 Å². The van der Waals surface area contributed by atoms with Crippen molar-refractivity contribution in [1.29, 1.82) is 5.26 Å². The molecule has 0 saturated heterocycles. The number of alkyl halides is 3. The fourth-order valence-electron chi connectivity index (χ4n) is 3.83. The van der Waals surface area contributed by atoms with E-state index in [0.717, 1.165) is 22.6 Å². The van der Waals surface area contributed by atoms with Crippen molar-refractivity contribution < 1.29 is 17.7 Å². The standard InChI is InChI=1S/C23H19F3N4OS/c1-3-6-15-11-17-18(10-9-14(12-27)21(17)23(24,25)26)30(15)13-20-28-22(31-29-20)16-7-4-5-8-19(16)32-2/h4-5,7-11H,3,6,13H2,1-2H3. The second-order valence-corrected chi connectivity index (χ2v) is 8.07. The lowest BCUT2D eigenvalue weighted by molar-refractivity contribution is -0.136. The molecule has 4 aromatic rings. The Labute approximate surface area is 186 Å². The molecule has 0 bridgehead atoms. The van der Waals surface area contributed by atoms with Crippen LogP contribution in [0.15, 0.2) is 51.9 Å². The van der Waals surface area contributed by atoms with E-state index in [1.165, 1.54) is 12.1 Å². The lowest BCUT2D eigenvalue weighted by Crippen LogP contribution is -2.09. The molecule has 5 nitrogen and oxygen atoms in total. The molecule has 32 heavy (non-hydrogen) atoms. The number of fused-ring (bicyclic) bond motifs is 1. The molecule has 2 aromatic carbocycles. The number of nitriles is 1. The third-order valence-electron chi connectivity index (χ3n) is 5.19. The smallest absolute Gasteiger partial charge is 0.337 e. The average Bonchev–Trinajstić information content (AvgIpc) is 3.37. The fraction of sp³-hybridized carbons (Fsp3) is 0.261. The number of aromatic nitrogens is 3. The maximum Gasteiger partial charge on any atom is 0.418 e. The Balaban J connectivity index is 1.81. The van der Waals surface area contributed by atoms with Gasteiger partial charge in [0.1, 0.15) is 0 Å². The van der Waals surface area contributed by atoms with Crippen LogP contribution < -0.4 is 0 Å². The van der Waals surface area contributed by atoms with E-state index in [1.54, 1.807) is 28.5 Å². The zero-order valence-electron chi connectivity index (χ0n) is 17.4. The first-order valence-electron chi connectivity index (χ1n) is 9.95. The van der Waals surface area contributed by atoms with Gasteiger partial charge in [0.25, 0.3) is 5.89 Å². The molecule has 0 saturated carbocycles. The predicted molar refractivity (Wildman–Crippen MR) is 116 cm³/mol. The quantitative estimate of drug-likeness (QED) is 0.318. The SMILES string of the molecule is CCCc1cc2c(C(F)(F)F)c(C#N)ccc2n1Cc1noc(-c2ccccc2SC)n1. The number of hydrogen-bond acceptors (Lipinski definition) is 5. The molecule has 0 radical (unpaired) electrons. The third kappa shape index (κ3) is 3.98. The number of thioether (sulfide) groups is 1. The van der Waals surface area contributed by atoms with E-state index < -0.39 is 11.7 Å². The molecule has 4 rings (SSSR count). The highest BCUT2D eigenvalue weighted by Gasteiger charge is 2.36. The minimum absolute atomic E-state index is 0.0106. The zero-order chi connectivity index (χ0) is 22.9. The Kier molecular flexibility index (Phi) is 5.98. The van der Waals surface area contributed by atoms with Crippen molar-refractivity contribution >= 4 is 22.7 Å². The molecule has 0 spiro atoms. The summed E-state index contributed by atoms with van der Waals surface area (Å²) in [6.45, 7) is 2.12. The number of rotatable bonds is 6. The molecule has 0 fully saturated rings. The van der Waals surface area contributed by atoms with Gasteiger partial charge in [0.05, 0.1) is 29.3 Å². The molecule has 0 amide bonds. The van der Waals surface area contributed by atoms with Gasteiger partial charge in [-0.25, -0.2) is 0 Å². The third-order valence-corrected chi connectivity index (χ3v) is 5.98. The van der Waals surface area contributed by atoms with Crippen LogP contribution in [0.5, 0.6) is 0 Å². The van der Waals surface area contributed by atoms with Crippen molar-refractivity contribution in [3.63, 3.8) is 0 Å². The van der Waals surface area contributed by atoms with Gasteiger partial charge >= 0.3 is 6.18 Å². The first-order chi connectivity index (χ1) is 15.4. The normalized spacial score (nSPS) is 11.8. The van der Waals surface area contributed by atoms with Crippen LogP contribution in [0.3, 0.4) is 0 Å². The van der Waals surface area contributed by atoms with Crippen molar-refractivity contribution in [3.05, 3.63) is 65.1 Å². The monoisotopic (exact) mass is 456 g/mol. The molecular formula is C23H19F3N4OS. The number of nitrogens with zero attached hydrogens (tertiary/aromatic N) is 4. The largest absolute Gasteiger partial charge is 0.418 e. The number of halogens is 3. The van der Waals surface area contributed by atoms with Crippen LogP contribution in [-0.4, -0.2) is 21.0 Å². The summed E-state index contributed by atoms with van der Waals surface area (Å²) in [6, 6.07) is 13.6. The molecule has 164 valence electrons. The van der Waals surface area contributed by atoms with Crippen molar-refractivity contribution in [2.45, 2.75) is 37.4 Å². The molecule has 2 aromatic heterocycles. The van der Waals surface area contributed by atoms with Gasteiger partial charge in [-0.15, -0.1) is 11.8 Å². The molecule has 0 aliphatic rings. The second-order valence-electron chi connectivity index (χ2n) is 7.22. The van der Waals surface area contributed by atoms with Gasteiger partial charge in [0, 0.05) is 21.5 Å². The molecule has 0 aliphatic heterocycles. The van der Waals surface area contributed by atoms with Gasteiger partial charge in [0.2, 0.25) is 0 Å². The Morgan fingerprint density at radius 1 is 1.19 bits per heavy atom. The summed E-state index contributed by atoms with van der Waals surface area (Å²) >= 11 is 1.56. The highest BCUT2D eigenvalue weighted by atomic mass is 32.2.